The van der Waals surface area contributed by atoms with E-state index in [0.717, 1.165) is 51.6 Å². The van der Waals surface area contributed by atoms with Crippen molar-refractivity contribution in [3.8, 4) is 0 Å². The van der Waals surface area contributed by atoms with Crippen molar-refractivity contribution in [3.05, 3.63) is 0 Å². The molecule has 0 aromatic carbocycles. The van der Waals surface area contributed by atoms with Gasteiger partial charge in [0, 0.05) is 13.0 Å². The Labute approximate surface area is 120 Å². The van der Waals surface area contributed by atoms with E-state index >= 15 is 0 Å². The molecule has 4 nitrogen and oxygen atoms in total. The molecule has 1 aliphatic heterocycles. The molecule has 0 bridgehead atoms. The number of rotatable bonds is 5. The number of nitrogens with two attached hydrogens (primary N) is 1. The lowest BCUT2D eigenvalue weighted by Gasteiger charge is -2.29. The SMILES string of the molecule is NC(=S)C1(NC(=O)CCC2CCCCO2)CCCC1. The zero-order chi connectivity index (χ0) is 13.7. The van der Waals surface area contributed by atoms with E-state index in [1.165, 1.54) is 6.42 Å². The zero-order valence-corrected chi connectivity index (χ0v) is 12.3. The van der Waals surface area contributed by atoms with Crippen LogP contribution in [0.15, 0.2) is 0 Å². The second kappa shape index (κ2) is 6.66. The molecule has 0 radical (unpaired) electrons. The van der Waals surface area contributed by atoms with Crippen molar-refractivity contribution in [2.45, 2.75) is 69.4 Å². The number of hydrogen-bond acceptors (Lipinski definition) is 3. The number of nitrogens with one attached hydrogen (secondary N) is 1. The van der Waals surface area contributed by atoms with Crippen LogP contribution in [0.4, 0.5) is 0 Å². The number of carbonyl (C=O) groups excluding carboxylic acids is 1. The number of thiocarbonyl (C=S) groups is 1. The van der Waals surface area contributed by atoms with Gasteiger partial charge in [-0.15, -0.1) is 0 Å². The summed E-state index contributed by atoms with van der Waals surface area (Å²) in [7, 11) is 0. The van der Waals surface area contributed by atoms with Crippen molar-refractivity contribution in [2.24, 2.45) is 5.73 Å². The van der Waals surface area contributed by atoms with Crippen molar-refractivity contribution < 1.29 is 9.53 Å². The molecule has 1 heterocycles. The fourth-order valence-electron chi connectivity index (χ4n) is 3.07. The third-order valence-corrected chi connectivity index (χ3v) is 4.67. The number of hydrogen-bond donors (Lipinski definition) is 2. The van der Waals surface area contributed by atoms with Crippen LogP contribution in [0.3, 0.4) is 0 Å². The Morgan fingerprint density at radius 3 is 2.63 bits per heavy atom. The molecular formula is C14H24N2O2S. The molecule has 0 aromatic rings. The van der Waals surface area contributed by atoms with Crippen LogP contribution >= 0.6 is 12.2 Å². The van der Waals surface area contributed by atoms with Crippen LogP contribution in [0, 0.1) is 0 Å². The maximum atomic E-state index is 12.1. The molecular weight excluding hydrogens is 260 g/mol. The maximum absolute atomic E-state index is 12.1. The molecule has 1 unspecified atom stereocenters. The third-order valence-electron chi connectivity index (χ3n) is 4.27. The lowest BCUT2D eigenvalue weighted by atomic mass is 9.97. The van der Waals surface area contributed by atoms with Crippen LogP contribution in [0.5, 0.6) is 0 Å². The van der Waals surface area contributed by atoms with Gasteiger partial charge in [0.15, 0.2) is 0 Å². The summed E-state index contributed by atoms with van der Waals surface area (Å²) >= 11 is 5.13. The van der Waals surface area contributed by atoms with E-state index in [2.05, 4.69) is 5.32 Å². The Hall–Kier alpha value is -0.680. The van der Waals surface area contributed by atoms with E-state index in [4.69, 9.17) is 22.7 Å². The summed E-state index contributed by atoms with van der Waals surface area (Å²) in [5.74, 6) is 0.0591. The summed E-state index contributed by atoms with van der Waals surface area (Å²) in [6, 6.07) is 0. The van der Waals surface area contributed by atoms with Gasteiger partial charge < -0.3 is 15.8 Å². The second-order valence-electron chi connectivity index (χ2n) is 5.73. The minimum atomic E-state index is -0.417. The van der Waals surface area contributed by atoms with Crippen LogP contribution in [0.1, 0.15) is 57.8 Å². The summed E-state index contributed by atoms with van der Waals surface area (Å²) in [6.45, 7) is 0.836. The summed E-state index contributed by atoms with van der Waals surface area (Å²) in [4.78, 5) is 12.5. The van der Waals surface area contributed by atoms with Crippen LogP contribution in [0.25, 0.3) is 0 Å². The quantitative estimate of drug-likeness (QED) is 0.758. The summed E-state index contributed by atoms with van der Waals surface area (Å²) < 4.78 is 5.64. The fraction of sp³-hybridized carbons (Fsp3) is 0.857. The van der Waals surface area contributed by atoms with Crippen LogP contribution < -0.4 is 11.1 Å². The molecule has 0 aromatic heterocycles. The van der Waals surface area contributed by atoms with Gasteiger partial charge in [0.2, 0.25) is 5.91 Å². The van der Waals surface area contributed by atoms with Crippen LogP contribution in [0.2, 0.25) is 0 Å². The van der Waals surface area contributed by atoms with E-state index in [0.29, 0.717) is 11.4 Å². The number of amides is 1. The molecule has 1 saturated carbocycles. The maximum Gasteiger partial charge on any atom is 0.220 e. The van der Waals surface area contributed by atoms with Gasteiger partial charge in [0.25, 0.3) is 0 Å². The highest BCUT2D eigenvalue weighted by molar-refractivity contribution is 7.80. The highest BCUT2D eigenvalue weighted by Crippen LogP contribution is 2.30. The summed E-state index contributed by atoms with van der Waals surface area (Å²) in [5, 5.41) is 3.07. The first-order valence-corrected chi connectivity index (χ1v) is 7.76. The Morgan fingerprint density at radius 2 is 2.05 bits per heavy atom. The Kier molecular flexibility index (Phi) is 5.16. The molecule has 1 aliphatic carbocycles. The molecule has 1 saturated heterocycles. The van der Waals surface area contributed by atoms with E-state index in [1.807, 2.05) is 0 Å². The second-order valence-corrected chi connectivity index (χ2v) is 6.17. The first kappa shape index (κ1) is 14.7. The van der Waals surface area contributed by atoms with Gasteiger partial charge in [-0.3, -0.25) is 4.79 Å². The van der Waals surface area contributed by atoms with Crippen LogP contribution in [-0.2, 0) is 9.53 Å². The molecule has 19 heavy (non-hydrogen) atoms. The highest BCUT2D eigenvalue weighted by atomic mass is 32.1. The molecule has 1 amide bonds. The molecule has 108 valence electrons. The van der Waals surface area contributed by atoms with E-state index in [-0.39, 0.29) is 12.0 Å². The van der Waals surface area contributed by atoms with Crippen molar-refractivity contribution in [1.29, 1.82) is 0 Å². The molecule has 2 fully saturated rings. The van der Waals surface area contributed by atoms with Crippen molar-refractivity contribution >= 4 is 23.1 Å². The molecule has 1 atom stereocenters. The van der Waals surface area contributed by atoms with Gasteiger partial charge in [-0.25, -0.2) is 0 Å². The third kappa shape index (κ3) is 3.89. The van der Waals surface area contributed by atoms with Crippen molar-refractivity contribution in [3.63, 3.8) is 0 Å². The van der Waals surface area contributed by atoms with Gasteiger partial charge in [0.1, 0.15) is 0 Å². The van der Waals surface area contributed by atoms with Gasteiger partial charge in [0.05, 0.1) is 16.6 Å². The number of ether oxygens (including phenoxy) is 1. The Morgan fingerprint density at radius 1 is 1.32 bits per heavy atom. The standard InChI is InChI=1S/C14H24N2O2S/c15-13(19)14(8-2-3-9-14)16-12(17)7-6-11-5-1-4-10-18-11/h11H,1-10H2,(H2,15,19)(H,16,17). The zero-order valence-electron chi connectivity index (χ0n) is 11.5. The van der Waals surface area contributed by atoms with Crippen molar-refractivity contribution in [2.75, 3.05) is 6.61 Å². The molecule has 0 spiro atoms. The Balaban J connectivity index is 1.78. The monoisotopic (exact) mass is 284 g/mol. The molecule has 2 rings (SSSR count). The number of carbonyl (C=O) groups is 1. The predicted molar refractivity (Wildman–Crippen MR) is 79.0 cm³/mol. The topological polar surface area (TPSA) is 64.3 Å². The van der Waals surface area contributed by atoms with Gasteiger partial charge in [-0.2, -0.15) is 0 Å². The van der Waals surface area contributed by atoms with Gasteiger partial charge >= 0.3 is 0 Å². The van der Waals surface area contributed by atoms with E-state index < -0.39 is 5.54 Å². The summed E-state index contributed by atoms with van der Waals surface area (Å²) in [6.07, 6.45) is 8.94. The minimum Gasteiger partial charge on any atom is -0.391 e. The van der Waals surface area contributed by atoms with E-state index in [9.17, 15) is 4.79 Å². The Bertz CT molecular complexity index is 334. The normalized spacial score (nSPS) is 26.0. The average Bonchev–Trinajstić information content (AvgIpc) is 2.87. The van der Waals surface area contributed by atoms with Gasteiger partial charge in [-0.05, 0) is 38.5 Å². The van der Waals surface area contributed by atoms with Crippen LogP contribution in [-0.4, -0.2) is 29.1 Å². The van der Waals surface area contributed by atoms with Crippen molar-refractivity contribution in [1.82, 2.24) is 5.32 Å². The lowest BCUT2D eigenvalue weighted by Crippen LogP contribution is -2.54. The summed E-state index contributed by atoms with van der Waals surface area (Å²) in [5.41, 5.74) is 5.40. The molecule has 5 heteroatoms. The smallest absolute Gasteiger partial charge is 0.220 e. The highest BCUT2D eigenvalue weighted by Gasteiger charge is 2.38. The molecule has 3 N–H and O–H groups in total. The first-order valence-electron chi connectivity index (χ1n) is 7.35. The largest absolute Gasteiger partial charge is 0.391 e. The fourth-order valence-corrected chi connectivity index (χ4v) is 3.32. The molecule has 2 aliphatic rings. The van der Waals surface area contributed by atoms with E-state index in [1.54, 1.807) is 0 Å². The minimum absolute atomic E-state index is 0.0591. The lowest BCUT2D eigenvalue weighted by molar-refractivity contribution is -0.123. The van der Waals surface area contributed by atoms with Gasteiger partial charge in [-0.1, -0.05) is 25.1 Å². The predicted octanol–water partition coefficient (Wildman–Crippen LogP) is 2.05. The average molecular weight is 284 g/mol. The first-order chi connectivity index (χ1) is 9.12.